The number of hydrogen-bond donors (Lipinski definition) is 0. The van der Waals surface area contributed by atoms with Gasteiger partial charge in [-0.1, -0.05) is 36.8 Å². The predicted octanol–water partition coefficient (Wildman–Crippen LogP) is 4.11. The Balaban J connectivity index is 2.98. The van der Waals surface area contributed by atoms with Gasteiger partial charge in [0.15, 0.2) is 0 Å². The molecule has 0 N–H and O–H groups in total. The second-order valence-corrected chi connectivity index (χ2v) is 3.81. The molecule has 0 saturated heterocycles. The van der Waals surface area contributed by atoms with Gasteiger partial charge in [-0.2, -0.15) is 0 Å². The summed E-state index contributed by atoms with van der Waals surface area (Å²) in [5.41, 5.74) is 4.12. The third-order valence-corrected chi connectivity index (χ3v) is 2.55. The van der Waals surface area contributed by atoms with Crippen LogP contribution >= 0.6 is 11.8 Å². The van der Waals surface area contributed by atoms with Gasteiger partial charge in [-0.3, -0.25) is 0 Å². The standard InChI is InChI=1S/C12H16S/c1-4-11(9-13-3)12-7-5-6-10(2)8-12/h5-9H,4H2,1-3H3/b11-9+. The molecule has 0 unspecified atom stereocenters. The van der Waals surface area contributed by atoms with Crippen LogP contribution in [0.3, 0.4) is 0 Å². The third-order valence-electron chi connectivity index (χ3n) is 2.03. The number of thioether (sulfide) groups is 1. The zero-order chi connectivity index (χ0) is 9.68. The quantitative estimate of drug-likeness (QED) is 0.694. The summed E-state index contributed by atoms with van der Waals surface area (Å²) in [6.07, 6.45) is 3.20. The summed E-state index contributed by atoms with van der Waals surface area (Å²) in [5, 5.41) is 2.23. The van der Waals surface area contributed by atoms with Gasteiger partial charge in [0.05, 0.1) is 0 Å². The zero-order valence-corrected chi connectivity index (χ0v) is 9.32. The third kappa shape index (κ3) is 2.92. The minimum atomic E-state index is 1.10. The summed E-state index contributed by atoms with van der Waals surface area (Å²) in [4.78, 5) is 0. The summed E-state index contributed by atoms with van der Waals surface area (Å²) < 4.78 is 0. The molecule has 0 radical (unpaired) electrons. The number of benzene rings is 1. The molecule has 1 aromatic carbocycles. The van der Waals surface area contributed by atoms with Crippen molar-refractivity contribution in [2.75, 3.05) is 6.26 Å². The smallest absolute Gasteiger partial charge is 0.0142 e. The number of allylic oxidation sites excluding steroid dienone is 1. The molecule has 0 atom stereocenters. The summed E-state index contributed by atoms with van der Waals surface area (Å²) in [5.74, 6) is 0. The van der Waals surface area contributed by atoms with Crippen LogP contribution in [-0.4, -0.2) is 6.26 Å². The van der Waals surface area contributed by atoms with Crippen LogP contribution < -0.4 is 0 Å². The highest BCUT2D eigenvalue weighted by molar-refractivity contribution is 8.01. The fourth-order valence-corrected chi connectivity index (χ4v) is 1.93. The Kier molecular flexibility index (Phi) is 4.10. The number of aryl methyl sites for hydroxylation is 1. The van der Waals surface area contributed by atoms with Crippen molar-refractivity contribution in [3.63, 3.8) is 0 Å². The van der Waals surface area contributed by atoms with Crippen molar-refractivity contribution >= 4 is 17.3 Å². The molecule has 0 fully saturated rings. The molecule has 0 heterocycles. The minimum absolute atomic E-state index is 1.10. The first kappa shape index (κ1) is 10.4. The van der Waals surface area contributed by atoms with E-state index in [1.54, 1.807) is 11.8 Å². The average Bonchev–Trinajstić information content (AvgIpc) is 2.14. The van der Waals surface area contributed by atoms with Gasteiger partial charge >= 0.3 is 0 Å². The van der Waals surface area contributed by atoms with Crippen molar-refractivity contribution in [2.45, 2.75) is 20.3 Å². The summed E-state index contributed by atoms with van der Waals surface area (Å²) in [7, 11) is 0. The fourth-order valence-electron chi connectivity index (χ4n) is 1.34. The topological polar surface area (TPSA) is 0 Å². The molecular weight excluding hydrogens is 176 g/mol. The van der Waals surface area contributed by atoms with Crippen LogP contribution in [0.2, 0.25) is 0 Å². The van der Waals surface area contributed by atoms with E-state index in [2.05, 4.69) is 49.8 Å². The van der Waals surface area contributed by atoms with E-state index in [9.17, 15) is 0 Å². The molecule has 0 amide bonds. The SMILES string of the molecule is CC/C(=C\SC)c1cccc(C)c1. The maximum absolute atomic E-state index is 2.24. The summed E-state index contributed by atoms with van der Waals surface area (Å²) in [6.45, 7) is 4.33. The molecule has 0 aliphatic heterocycles. The van der Waals surface area contributed by atoms with Crippen LogP contribution in [-0.2, 0) is 0 Å². The highest BCUT2D eigenvalue weighted by Gasteiger charge is 1.97. The maximum Gasteiger partial charge on any atom is -0.0142 e. The van der Waals surface area contributed by atoms with Gasteiger partial charge in [0.2, 0.25) is 0 Å². The molecule has 0 aliphatic carbocycles. The van der Waals surface area contributed by atoms with Gasteiger partial charge in [0.25, 0.3) is 0 Å². The molecule has 0 nitrogen and oxygen atoms in total. The molecule has 0 saturated carbocycles. The van der Waals surface area contributed by atoms with Gasteiger partial charge < -0.3 is 0 Å². The van der Waals surface area contributed by atoms with Gasteiger partial charge in [-0.25, -0.2) is 0 Å². The van der Waals surface area contributed by atoms with Crippen LogP contribution in [0.5, 0.6) is 0 Å². The van der Waals surface area contributed by atoms with E-state index < -0.39 is 0 Å². The van der Waals surface area contributed by atoms with Gasteiger partial charge in [-0.05, 0) is 36.1 Å². The monoisotopic (exact) mass is 192 g/mol. The minimum Gasteiger partial charge on any atom is -0.137 e. The number of rotatable bonds is 3. The highest BCUT2D eigenvalue weighted by atomic mass is 32.2. The summed E-state index contributed by atoms with van der Waals surface area (Å²) in [6, 6.07) is 8.68. The lowest BCUT2D eigenvalue weighted by molar-refractivity contribution is 1.24. The Hall–Kier alpha value is -0.690. The first-order chi connectivity index (χ1) is 6.27. The van der Waals surface area contributed by atoms with Gasteiger partial charge in [0, 0.05) is 0 Å². The number of hydrogen-bond acceptors (Lipinski definition) is 1. The molecule has 70 valence electrons. The van der Waals surface area contributed by atoms with Gasteiger partial charge in [0.1, 0.15) is 0 Å². The Morgan fingerprint density at radius 3 is 2.77 bits per heavy atom. The molecule has 13 heavy (non-hydrogen) atoms. The van der Waals surface area contributed by atoms with Crippen molar-refractivity contribution in [3.8, 4) is 0 Å². The molecule has 1 heteroatoms. The van der Waals surface area contributed by atoms with Crippen molar-refractivity contribution in [1.82, 2.24) is 0 Å². The van der Waals surface area contributed by atoms with Crippen LogP contribution in [0, 0.1) is 6.92 Å². The van der Waals surface area contributed by atoms with Crippen molar-refractivity contribution in [1.29, 1.82) is 0 Å². The second kappa shape index (κ2) is 5.13. The van der Waals surface area contributed by atoms with Crippen LogP contribution in [0.25, 0.3) is 5.57 Å². The maximum atomic E-state index is 2.24. The molecule has 0 aliphatic rings. The Labute approximate surface area is 85.1 Å². The zero-order valence-electron chi connectivity index (χ0n) is 8.50. The Morgan fingerprint density at radius 2 is 2.23 bits per heavy atom. The van der Waals surface area contributed by atoms with Crippen molar-refractivity contribution in [2.24, 2.45) is 0 Å². The van der Waals surface area contributed by atoms with Crippen LogP contribution in [0.4, 0.5) is 0 Å². The molecule has 1 aromatic rings. The lowest BCUT2D eigenvalue weighted by Gasteiger charge is -2.04. The van der Waals surface area contributed by atoms with E-state index in [0.29, 0.717) is 0 Å². The van der Waals surface area contributed by atoms with Gasteiger partial charge in [-0.15, -0.1) is 11.8 Å². The van der Waals surface area contributed by atoms with E-state index in [-0.39, 0.29) is 0 Å². The summed E-state index contributed by atoms with van der Waals surface area (Å²) >= 11 is 1.77. The predicted molar refractivity (Wildman–Crippen MR) is 63.0 cm³/mol. The Bertz CT molecular complexity index is 300. The van der Waals surface area contributed by atoms with E-state index in [4.69, 9.17) is 0 Å². The molecule has 0 spiro atoms. The molecule has 1 rings (SSSR count). The average molecular weight is 192 g/mol. The molecule has 0 aromatic heterocycles. The Morgan fingerprint density at radius 1 is 1.46 bits per heavy atom. The normalized spacial score (nSPS) is 11.8. The lowest BCUT2D eigenvalue weighted by Crippen LogP contribution is -1.83. The van der Waals surface area contributed by atoms with E-state index >= 15 is 0 Å². The van der Waals surface area contributed by atoms with E-state index in [1.807, 2.05) is 0 Å². The van der Waals surface area contributed by atoms with E-state index in [1.165, 1.54) is 16.7 Å². The first-order valence-corrected chi connectivity index (χ1v) is 5.85. The lowest BCUT2D eigenvalue weighted by atomic mass is 10.0. The fraction of sp³-hybridized carbons (Fsp3) is 0.333. The van der Waals surface area contributed by atoms with Crippen LogP contribution in [0.15, 0.2) is 29.7 Å². The van der Waals surface area contributed by atoms with Crippen molar-refractivity contribution < 1.29 is 0 Å². The van der Waals surface area contributed by atoms with Crippen molar-refractivity contribution in [3.05, 3.63) is 40.8 Å². The van der Waals surface area contributed by atoms with Crippen LogP contribution in [0.1, 0.15) is 24.5 Å². The second-order valence-electron chi connectivity index (χ2n) is 3.10. The van der Waals surface area contributed by atoms with E-state index in [0.717, 1.165) is 6.42 Å². The first-order valence-electron chi connectivity index (χ1n) is 4.56. The highest BCUT2D eigenvalue weighted by Crippen LogP contribution is 2.21. The molecular formula is C12H16S. The molecule has 0 bridgehead atoms. The largest absolute Gasteiger partial charge is 0.137 e.